The molecule has 0 radical (unpaired) electrons. The van der Waals surface area contributed by atoms with E-state index in [9.17, 15) is 4.79 Å². The number of nitrogens with one attached hydrogen (secondary N) is 1. The topological polar surface area (TPSA) is 73.1 Å². The maximum absolute atomic E-state index is 11.1. The number of rotatable bonds is 6. The zero-order valence-electron chi connectivity index (χ0n) is 11.7. The maximum atomic E-state index is 11.1. The molecule has 1 aromatic carbocycles. The average molecular weight is 260 g/mol. The van der Waals surface area contributed by atoms with Crippen LogP contribution in [0, 0.1) is 23.7 Å². The first kappa shape index (κ1) is 15.0. The summed E-state index contributed by atoms with van der Waals surface area (Å²) in [6, 6.07) is 7.37. The lowest BCUT2D eigenvalue weighted by molar-refractivity contribution is 0.0696. The Morgan fingerprint density at radius 3 is 2.74 bits per heavy atom. The number of nitrogens with zero attached hydrogens (tertiary/aromatic N) is 1. The summed E-state index contributed by atoms with van der Waals surface area (Å²) in [7, 11) is 0. The largest absolute Gasteiger partial charge is 0.478 e. The van der Waals surface area contributed by atoms with Gasteiger partial charge in [0.1, 0.15) is 0 Å². The van der Waals surface area contributed by atoms with Crippen molar-refractivity contribution in [3.63, 3.8) is 0 Å². The van der Waals surface area contributed by atoms with Gasteiger partial charge in [0, 0.05) is 18.7 Å². The number of anilines is 1. The molecule has 0 bridgehead atoms. The van der Waals surface area contributed by atoms with Crippen LogP contribution in [0.5, 0.6) is 0 Å². The smallest absolute Gasteiger partial charge is 0.336 e. The first-order valence-electron chi connectivity index (χ1n) is 6.31. The molecule has 0 aliphatic rings. The van der Waals surface area contributed by atoms with Crippen LogP contribution in [0.15, 0.2) is 18.2 Å². The Kier molecular flexibility index (Phi) is 4.94. The van der Waals surface area contributed by atoms with Crippen LogP contribution in [-0.4, -0.2) is 17.6 Å². The van der Waals surface area contributed by atoms with Gasteiger partial charge in [-0.1, -0.05) is 19.9 Å². The van der Waals surface area contributed by atoms with Crippen molar-refractivity contribution in [2.75, 3.05) is 11.9 Å². The summed E-state index contributed by atoms with van der Waals surface area (Å²) in [5, 5.41) is 21.0. The number of nitriles is 1. The molecule has 0 amide bonds. The molecule has 0 heterocycles. The Labute approximate surface area is 114 Å². The third-order valence-electron chi connectivity index (χ3n) is 3.24. The van der Waals surface area contributed by atoms with E-state index in [1.54, 1.807) is 19.1 Å². The van der Waals surface area contributed by atoms with Crippen molar-refractivity contribution >= 4 is 11.7 Å². The number of hydrogen-bond donors (Lipinski definition) is 2. The fraction of sp³-hybridized carbons (Fsp3) is 0.467. The lowest BCUT2D eigenvalue weighted by atomic mass is 9.88. The summed E-state index contributed by atoms with van der Waals surface area (Å²) in [5.74, 6) is -0.912. The van der Waals surface area contributed by atoms with E-state index in [-0.39, 0.29) is 5.41 Å². The van der Waals surface area contributed by atoms with Crippen LogP contribution in [0.25, 0.3) is 0 Å². The average Bonchev–Trinajstić information content (AvgIpc) is 2.35. The van der Waals surface area contributed by atoms with Crippen LogP contribution in [-0.2, 0) is 0 Å². The molecule has 102 valence electrons. The molecular formula is C15H20N2O2. The third-order valence-corrected chi connectivity index (χ3v) is 3.24. The highest BCUT2D eigenvalue weighted by molar-refractivity contribution is 5.91. The molecule has 4 nitrogen and oxygen atoms in total. The summed E-state index contributed by atoms with van der Waals surface area (Å²) in [6.07, 6.45) is 1.34. The Morgan fingerprint density at radius 1 is 1.47 bits per heavy atom. The van der Waals surface area contributed by atoms with Gasteiger partial charge in [-0.05, 0) is 36.5 Å². The summed E-state index contributed by atoms with van der Waals surface area (Å²) in [4.78, 5) is 11.1. The van der Waals surface area contributed by atoms with Gasteiger partial charge in [-0.3, -0.25) is 0 Å². The van der Waals surface area contributed by atoms with E-state index in [0.717, 1.165) is 17.7 Å². The van der Waals surface area contributed by atoms with E-state index >= 15 is 0 Å². The summed E-state index contributed by atoms with van der Waals surface area (Å²) in [5.41, 5.74) is 1.90. The second-order valence-corrected chi connectivity index (χ2v) is 5.46. The fourth-order valence-corrected chi connectivity index (χ4v) is 1.88. The standard InChI is InChI=1S/C15H20N2O2/c1-11-12(14(18)19)6-4-7-13(11)17-10-15(2,3)8-5-9-16/h4,6-7,17H,5,8,10H2,1-3H3,(H,18,19). The fourth-order valence-electron chi connectivity index (χ4n) is 1.88. The predicted molar refractivity (Wildman–Crippen MR) is 75.3 cm³/mol. The number of aromatic carboxylic acids is 1. The Balaban J connectivity index is 2.76. The highest BCUT2D eigenvalue weighted by atomic mass is 16.4. The molecule has 19 heavy (non-hydrogen) atoms. The van der Waals surface area contributed by atoms with Crippen LogP contribution in [0.2, 0.25) is 0 Å². The van der Waals surface area contributed by atoms with Crippen molar-refractivity contribution in [1.29, 1.82) is 5.26 Å². The zero-order chi connectivity index (χ0) is 14.5. The van der Waals surface area contributed by atoms with Gasteiger partial charge in [-0.15, -0.1) is 0 Å². The second-order valence-electron chi connectivity index (χ2n) is 5.46. The molecule has 4 heteroatoms. The summed E-state index contributed by atoms with van der Waals surface area (Å²) < 4.78 is 0. The SMILES string of the molecule is Cc1c(NCC(C)(C)CCC#N)cccc1C(=O)O. The minimum atomic E-state index is -0.912. The minimum absolute atomic E-state index is 0.00139. The lowest BCUT2D eigenvalue weighted by Crippen LogP contribution is -2.23. The number of carboxylic acid groups (broad SMARTS) is 1. The van der Waals surface area contributed by atoms with Crippen LogP contribution < -0.4 is 5.32 Å². The van der Waals surface area contributed by atoms with Gasteiger partial charge in [-0.2, -0.15) is 5.26 Å². The zero-order valence-corrected chi connectivity index (χ0v) is 11.7. The number of benzene rings is 1. The maximum Gasteiger partial charge on any atom is 0.336 e. The summed E-state index contributed by atoms with van der Waals surface area (Å²) in [6.45, 7) is 6.69. The van der Waals surface area contributed by atoms with Crippen LogP contribution in [0.3, 0.4) is 0 Å². The molecule has 0 unspecified atom stereocenters. The normalized spacial score (nSPS) is 10.8. The first-order chi connectivity index (χ1) is 8.87. The molecule has 0 saturated carbocycles. The monoisotopic (exact) mass is 260 g/mol. The molecule has 0 aliphatic carbocycles. The third kappa shape index (κ3) is 4.29. The number of carbonyl (C=O) groups is 1. The predicted octanol–water partition coefficient (Wildman–Crippen LogP) is 3.44. The minimum Gasteiger partial charge on any atom is -0.478 e. The molecule has 0 fully saturated rings. The molecule has 0 spiro atoms. The molecular weight excluding hydrogens is 240 g/mol. The van der Waals surface area contributed by atoms with Gasteiger partial charge < -0.3 is 10.4 Å². The lowest BCUT2D eigenvalue weighted by Gasteiger charge is -2.25. The molecule has 0 atom stereocenters. The second kappa shape index (κ2) is 6.24. The van der Waals surface area contributed by atoms with Gasteiger partial charge in [0.25, 0.3) is 0 Å². The van der Waals surface area contributed by atoms with Crippen LogP contribution in [0.1, 0.15) is 42.6 Å². The Bertz CT molecular complexity index is 501. The molecule has 0 aliphatic heterocycles. The number of hydrogen-bond acceptors (Lipinski definition) is 3. The van der Waals surface area contributed by atoms with E-state index in [0.29, 0.717) is 18.5 Å². The van der Waals surface area contributed by atoms with Gasteiger partial charge in [0.15, 0.2) is 0 Å². The van der Waals surface area contributed by atoms with Crippen molar-refractivity contribution < 1.29 is 9.90 Å². The molecule has 1 aromatic rings. The molecule has 2 N–H and O–H groups in total. The van der Waals surface area contributed by atoms with Crippen molar-refractivity contribution in [2.45, 2.75) is 33.6 Å². The van der Waals surface area contributed by atoms with Crippen LogP contribution >= 0.6 is 0 Å². The highest BCUT2D eigenvalue weighted by Gasteiger charge is 2.18. The van der Waals surface area contributed by atoms with Gasteiger partial charge in [0.05, 0.1) is 11.6 Å². The highest BCUT2D eigenvalue weighted by Crippen LogP contribution is 2.25. The van der Waals surface area contributed by atoms with E-state index in [1.165, 1.54) is 0 Å². The van der Waals surface area contributed by atoms with Gasteiger partial charge in [0.2, 0.25) is 0 Å². The van der Waals surface area contributed by atoms with Crippen molar-refractivity contribution in [3.05, 3.63) is 29.3 Å². The Hall–Kier alpha value is -2.02. The Morgan fingerprint density at radius 2 is 2.16 bits per heavy atom. The van der Waals surface area contributed by atoms with E-state index in [4.69, 9.17) is 10.4 Å². The van der Waals surface area contributed by atoms with Crippen molar-refractivity contribution in [1.82, 2.24) is 0 Å². The first-order valence-corrected chi connectivity index (χ1v) is 6.31. The van der Waals surface area contributed by atoms with E-state index in [2.05, 4.69) is 25.2 Å². The summed E-state index contributed by atoms with van der Waals surface area (Å²) >= 11 is 0. The van der Waals surface area contributed by atoms with Gasteiger partial charge in [-0.25, -0.2) is 4.79 Å². The van der Waals surface area contributed by atoms with E-state index in [1.807, 2.05) is 6.07 Å². The quantitative estimate of drug-likeness (QED) is 0.821. The molecule has 1 rings (SSSR count). The van der Waals surface area contributed by atoms with Crippen LogP contribution in [0.4, 0.5) is 5.69 Å². The van der Waals surface area contributed by atoms with Crippen molar-refractivity contribution in [3.8, 4) is 6.07 Å². The van der Waals surface area contributed by atoms with E-state index < -0.39 is 5.97 Å². The molecule has 0 saturated heterocycles. The number of carboxylic acids is 1. The molecule has 0 aromatic heterocycles. The van der Waals surface area contributed by atoms with Crippen molar-refractivity contribution in [2.24, 2.45) is 5.41 Å². The van der Waals surface area contributed by atoms with Gasteiger partial charge >= 0.3 is 5.97 Å².